The second-order valence-electron chi connectivity index (χ2n) is 5.65. The average molecular weight is 465 g/mol. The number of amides is 3. The van der Waals surface area contributed by atoms with Gasteiger partial charge in [0.05, 0.1) is 22.4 Å². The number of alkyl halides is 2. The lowest BCUT2D eigenvalue weighted by Gasteiger charge is -2.29. The molecule has 4 atom stereocenters. The molecule has 1 N–H and O–H groups in total. The average Bonchev–Trinajstić information content (AvgIpc) is 2.73. The Morgan fingerprint density at radius 3 is 2.13 bits per heavy atom. The molecule has 1 aliphatic carbocycles. The van der Waals surface area contributed by atoms with Gasteiger partial charge in [-0.3, -0.25) is 19.8 Å². The monoisotopic (exact) mass is 462 g/mol. The van der Waals surface area contributed by atoms with Crippen molar-refractivity contribution in [3.63, 3.8) is 0 Å². The van der Waals surface area contributed by atoms with Crippen molar-refractivity contribution in [2.24, 2.45) is 11.8 Å². The Balaban J connectivity index is 1.79. The molecule has 5 nitrogen and oxygen atoms in total. The fourth-order valence-corrected chi connectivity index (χ4v) is 4.47. The third-order valence-electron chi connectivity index (χ3n) is 4.24. The Morgan fingerprint density at radius 1 is 1.09 bits per heavy atom. The predicted octanol–water partition coefficient (Wildman–Crippen LogP) is 2.91. The summed E-state index contributed by atoms with van der Waals surface area (Å²) in [7, 11) is 0. The molecule has 0 bridgehead atoms. The first-order valence-electron chi connectivity index (χ1n) is 7.11. The number of benzene rings is 1. The Labute approximate surface area is 155 Å². The topological polar surface area (TPSA) is 66.5 Å². The summed E-state index contributed by atoms with van der Waals surface area (Å²) < 4.78 is 0. The van der Waals surface area contributed by atoms with Crippen LogP contribution >= 0.6 is 43.5 Å². The SMILES string of the molecule is O=C(NN1C(=O)[C@@H]2C[C@H](Br)[C@@H](Br)C[C@H]2C1=O)c1ccccc1Cl. The normalized spacial score (nSPS) is 30.3. The maximum absolute atomic E-state index is 12.5. The van der Waals surface area contributed by atoms with E-state index in [1.807, 2.05) is 0 Å². The lowest BCUT2D eigenvalue weighted by molar-refractivity contribution is -0.142. The van der Waals surface area contributed by atoms with Crippen molar-refractivity contribution in [3.05, 3.63) is 34.9 Å². The molecule has 1 saturated carbocycles. The van der Waals surface area contributed by atoms with Crippen LogP contribution in [0.25, 0.3) is 0 Å². The fraction of sp³-hybridized carbons (Fsp3) is 0.400. The second kappa shape index (κ2) is 6.53. The van der Waals surface area contributed by atoms with Gasteiger partial charge in [-0.15, -0.1) is 0 Å². The number of halogens is 3. The number of rotatable bonds is 2. The highest BCUT2D eigenvalue weighted by Gasteiger charge is 2.52. The molecule has 8 heteroatoms. The van der Waals surface area contributed by atoms with E-state index in [2.05, 4.69) is 37.3 Å². The molecule has 0 spiro atoms. The second-order valence-corrected chi connectivity index (χ2v) is 8.41. The number of fused-ring (bicyclic) bond motifs is 1. The molecule has 2 aliphatic rings. The zero-order chi connectivity index (χ0) is 16.7. The number of hydrogen-bond donors (Lipinski definition) is 1. The maximum Gasteiger partial charge on any atom is 0.271 e. The van der Waals surface area contributed by atoms with E-state index in [0.717, 1.165) is 5.01 Å². The van der Waals surface area contributed by atoms with Gasteiger partial charge in [0.2, 0.25) is 0 Å². The summed E-state index contributed by atoms with van der Waals surface area (Å²) in [5, 5.41) is 1.12. The molecule has 1 aliphatic heterocycles. The molecule has 1 aromatic rings. The molecular weight excluding hydrogens is 451 g/mol. The highest BCUT2D eigenvalue weighted by Crippen LogP contribution is 2.42. The Hall–Kier alpha value is -0.920. The van der Waals surface area contributed by atoms with E-state index in [0.29, 0.717) is 12.8 Å². The van der Waals surface area contributed by atoms with Gasteiger partial charge in [0.15, 0.2) is 0 Å². The van der Waals surface area contributed by atoms with Gasteiger partial charge in [0.25, 0.3) is 17.7 Å². The number of nitrogens with zero attached hydrogens (tertiary/aromatic N) is 1. The van der Waals surface area contributed by atoms with Gasteiger partial charge in [0, 0.05) is 9.65 Å². The highest BCUT2D eigenvalue weighted by atomic mass is 79.9. The van der Waals surface area contributed by atoms with Gasteiger partial charge >= 0.3 is 0 Å². The van der Waals surface area contributed by atoms with Gasteiger partial charge in [-0.25, -0.2) is 0 Å². The minimum absolute atomic E-state index is 0.125. The van der Waals surface area contributed by atoms with Crippen molar-refractivity contribution >= 4 is 61.2 Å². The summed E-state index contributed by atoms with van der Waals surface area (Å²) in [6.07, 6.45) is 1.12. The molecule has 2 fully saturated rings. The van der Waals surface area contributed by atoms with Crippen molar-refractivity contribution < 1.29 is 14.4 Å². The Bertz CT molecular complexity index is 656. The third kappa shape index (κ3) is 3.06. The first-order valence-corrected chi connectivity index (χ1v) is 9.32. The predicted molar refractivity (Wildman–Crippen MR) is 92.4 cm³/mol. The number of hydrogen-bond acceptors (Lipinski definition) is 3. The molecule has 3 rings (SSSR count). The number of carbonyl (C=O) groups is 3. The lowest BCUT2D eigenvalue weighted by Crippen LogP contribution is -2.46. The molecule has 1 aromatic carbocycles. The van der Waals surface area contributed by atoms with E-state index in [1.54, 1.807) is 24.3 Å². The summed E-state index contributed by atoms with van der Waals surface area (Å²) in [5.41, 5.74) is 2.63. The van der Waals surface area contributed by atoms with E-state index in [-0.39, 0.29) is 32.1 Å². The van der Waals surface area contributed by atoms with Crippen molar-refractivity contribution in [2.45, 2.75) is 22.5 Å². The molecule has 3 amide bonds. The lowest BCUT2D eigenvalue weighted by atomic mass is 9.81. The quantitative estimate of drug-likeness (QED) is 0.541. The van der Waals surface area contributed by atoms with Crippen LogP contribution in [0.5, 0.6) is 0 Å². The molecular formula is C15H13Br2ClN2O3. The minimum atomic E-state index is -0.568. The number of nitrogens with one attached hydrogen (secondary N) is 1. The van der Waals surface area contributed by atoms with Crippen LogP contribution in [0.15, 0.2) is 24.3 Å². The van der Waals surface area contributed by atoms with Crippen LogP contribution < -0.4 is 5.43 Å². The zero-order valence-corrected chi connectivity index (χ0v) is 15.8. The highest BCUT2D eigenvalue weighted by molar-refractivity contribution is 9.12. The van der Waals surface area contributed by atoms with Crippen LogP contribution in [0, 0.1) is 11.8 Å². The molecule has 0 unspecified atom stereocenters. The largest absolute Gasteiger partial charge is 0.272 e. The molecule has 0 aromatic heterocycles. The van der Waals surface area contributed by atoms with Gasteiger partial charge in [-0.2, -0.15) is 5.01 Å². The van der Waals surface area contributed by atoms with E-state index in [9.17, 15) is 14.4 Å². The molecule has 23 heavy (non-hydrogen) atoms. The van der Waals surface area contributed by atoms with Crippen LogP contribution in [-0.2, 0) is 9.59 Å². The number of imide groups is 1. The van der Waals surface area contributed by atoms with Gasteiger partial charge in [0.1, 0.15) is 0 Å². The summed E-state index contributed by atoms with van der Waals surface area (Å²) in [6, 6.07) is 6.48. The summed E-state index contributed by atoms with van der Waals surface area (Å²) in [6.45, 7) is 0. The molecule has 122 valence electrons. The summed E-state index contributed by atoms with van der Waals surface area (Å²) in [5.74, 6) is -2.07. The van der Waals surface area contributed by atoms with Crippen LogP contribution in [-0.4, -0.2) is 32.4 Å². The minimum Gasteiger partial charge on any atom is -0.272 e. The third-order valence-corrected chi connectivity index (χ3v) is 7.31. The van der Waals surface area contributed by atoms with Crippen molar-refractivity contribution in [1.29, 1.82) is 0 Å². The van der Waals surface area contributed by atoms with Crippen molar-refractivity contribution in [3.8, 4) is 0 Å². The van der Waals surface area contributed by atoms with E-state index in [1.165, 1.54) is 0 Å². The van der Waals surface area contributed by atoms with Gasteiger partial charge in [-0.05, 0) is 25.0 Å². The van der Waals surface area contributed by atoms with E-state index < -0.39 is 17.7 Å². The van der Waals surface area contributed by atoms with Crippen molar-refractivity contribution in [2.75, 3.05) is 0 Å². The number of hydrazine groups is 1. The smallest absolute Gasteiger partial charge is 0.271 e. The standard InChI is InChI=1S/C15H13Br2ClN2O3/c16-10-5-8-9(6-11(10)17)15(23)20(14(8)22)19-13(21)7-3-1-2-4-12(7)18/h1-4,8-11H,5-6H2,(H,19,21)/t8-,9-,10+,11+/m1/s1. The first-order chi connectivity index (χ1) is 10.9. The van der Waals surface area contributed by atoms with E-state index in [4.69, 9.17) is 11.6 Å². The van der Waals surface area contributed by atoms with Crippen LogP contribution in [0.1, 0.15) is 23.2 Å². The molecule has 1 saturated heterocycles. The fourth-order valence-electron chi connectivity index (χ4n) is 3.01. The molecule has 1 heterocycles. The summed E-state index contributed by atoms with van der Waals surface area (Å²) >= 11 is 13.0. The zero-order valence-electron chi connectivity index (χ0n) is 11.8. The van der Waals surface area contributed by atoms with E-state index >= 15 is 0 Å². The van der Waals surface area contributed by atoms with Gasteiger partial charge in [-0.1, -0.05) is 55.6 Å². The van der Waals surface area contributed by atoms with Crippen molar-refractivity contribution in [1.82, 2.24) is 10.4 Å². The molecule has 0 radical (unpaired) electrons. The van der Waals surface area contributed by atoms with Gasteiger partial charge < -0.3 is 0 Å². The van der Waals surface area contributed by atoms with Crippen LogP contribution in [0.2, 0.25) is 5.02 Å². The summed E-state index contributed by atoms with van der Waals surface area (Å²) in [4.78, 5) is 37.5. The Morgan fingerprint density at radius 2 is 1.61 bits per heavy atom. The first kappa shape index (κ1) is 16.9. The number of carbonyl (C=O) groups excluding carboxylic acids is 3. The maximum atomic E-state index is 12.5. The Kier molecular flexibility index (Phi) is 4.80. The van der Waals surface area contributed by atoms with Crippen LogP contribution in [0.4, 0.5) is 0 Å². The van der Waals surface area contributed by atoms with Crippen LogP contribution in [0.3, 0.4) is 0 Å².